The Balaban J connectivity index is 1.37. The molecule has 1 N–H and O–H groups in total. The van der Waals surface area contributed by atoms with Crippen LogP contribution in [0.5, 0.6) is 0 Å². The number of esters is 1. The first-order valence-corrected chi connectivity index (χ1v) is 15.7. The maximum atomic E-state index is 12.4. The van der Waals surface area contributed by atoms with E-state index in [2.05, 4.69) is 46.3 Å². The van der Waals surface area contributed by atoms with Gasteiger partial charge in [0.25, 0.3) is 6.47 Å². The van der Waals surface area contributed by atoms with Crippen LogP contribution in [0.3, 0.4) is 0 Å². The van der Waals surface area contributed by atoms with E-state index in [-0.39, 0.29) is 46.1 Å². The summed E-state index contributed by atoms with van der Waals surface area (Å²) in [5.41, 5.74) is -0.291. The third kappa shape index (κ3) is 4.32. The van der Waals surface area contributed by atoms with Gasteiger partial charge in [-0.1, -0.05) is 34.6 Å². The Labute approximate surface area is 236 Å². The highest BCUT2D eigenvalue weighted by Crippen LogP contribution is 2.76. The summed E-state index contributed by atoms with van der Waals surface area (Å²) in [5.74, 6) is 1.91. The van der Waals surface area contributed by atoms with Gasteiger partial charge in [-0.25, -0.2) is 4.79 Å². The van der Waals surface area contributed by atoms with Crippen molar-refractivity contribution in [3.63, 3.8) is 0 Å². The fourth-order valence-electron chi connectivity index (χ4n) is 11.6. The zero-order valence-electron chi connectivity index (χ0n) is 25.8. The molecule has 0 amide bonds. The highest BCUT2D eigenvalue weighted by Gasteiger charge is 2.70. The van der Waals surface area contributed by atoms with E-state index in [9.17, 15) is 14.7 Å². The summed E-state index contributed by atoms with van der Waals surface area (Å²) in [4.78, 5) is 22.9. The molecule has 1 heterocycles. The van der Waals surface area contributed by atoms with Gasteiger partial charge in [-0.2, -0.15) is 0 Å². The third-order valence-corrected chi connectivity index (χ3v) is 13.8. The average molecular weight is 547 g/mol. The van der Waals surface area contributed by atoms with Crippen molar-refractivity contribution in [1.82, 2.24) is 0 Å². The summed E-state index contributed by atoms with van der Waals surface area (Å²) >= 11 is 0. The van der Waals surface area contributed by atoms with Crippen molar-refractivity contribution in [3.05, 3.63) is 0 Å². The van der Waals surface area contributed by atoms with Gasteiger partial charge < -0.3 is 19.3 Å². The first kappa shape index (κ1) is 29.4. The summed E-state index contributed by atoms with van der Waals surface area (Å²) in [6.45, 7) is 18.5. The Morgan fingerprint density at radius 2 is 1.56 bits per heavy atom. The molecule has 4 aliphatic carbocycles. The van der Waals surface area contributed by atoms with Crippen LogP contribution < -0.4 is 0 Å². The molecule has 1 aliphatic heterocycles. The van der Waals surface area contributed by atoms with Gasteiger partial charge in [0.05, 0.1) is 17.3 Å². The molecule has 5 fully saturated rings. The number of hydrogen-bond acceptors (Lipinski definition) is 6. The Kier molecular flexibility index (Phi) is 7.11. The molecule has 6 heteroatoms. The number of carbonyl (C=O) groups is 2. The Morgan fingerprint density at radius 1 is 0.872 bits per heavy atom. The van der Waals surface area contributed by atoms with E-state index in [4.69, 9.17) is 9.47 Å². The molecule has 0 aromatic heterocycles. The van der Waals surface area contributed by atoms with Gasteiger partial charge in [0.1, 0.15) is 6.10 Å². The van der Waals surface area contributed by atoms with Gasteiger partial charge >= 0.3 is 5.97 Å². The largest absolute Gasteiger partial charge is 0.459 e. The van der Waals surface area contributed by atoms with Crippen molar-refractivity contribution in [3.8, 4) is 0 Å². The normalized spacial score (nSPS) is 48.9. The topological polar surface area (TPSA) is 82.1 Å². The van der Waals surface area contributed by atoms with Crippen LogP contribution in [0.25, 0.3) is 0 Å². The van der Waals surface area contributed by atoms with Crippen LogP contribution in [0.1, 0.15) is 120 Å². The molecule has 222 valence electrons. The van der Waals surface area contributed by atoms with E-state index in [1.54, 1.807) is 0 Å². The van der Waals surface area contributed by atoms with Crippen LogP contribution in [-0.4, -0.2) is 47.6 Å². The van der Waals surface area contributed by atoms with Crippen LogP contribution in [0, 0.1) is 45.3 Å². The third-order valence-electron chi connectivity index (χ3n) is 13.8. The van der Waals surface area contributed by atoms with Crippen LogP contribution >= 0.6 is 0 Å². The minimum Gasteiger partial charge on any atom is -0.459 e. The maximum Gasteiger partial charge on any atom is 0.344 e. The van der Waals surface area contributed by atoms with Gasteiger partial charge in [-0.05, 0) is 125 Å². The molecule has 39 heavy (non-hydrogen) atoms. The maximum absolute atomic E-state index is 12.4. The molecule has 0 aromatic carbocycles. The van der Waals surface area contributed by atoms with Crippen molar-refractivity contribution in [2.75, 3.05) is 6.61 Å². The molecular formula is C33H54O6. The number of ether oxygens (including phenoxy) is 3. The van der Waals surface area contributed by atoms with Gasteiger partial charge in [-0.15, -0.1) is 0 Å². The van der Waals surface area contributed by atoms with Crippen molar-refractivity contribution in [1.29, 1.82) is 0 Å². The standard InChI is InChI=1S/C33H54O6/c1-28(2)23-12-17-32(7)24(30(23,5)15-13-25(28)38-27(35)19-37-20-34)10-9-21-22(11-16-31(21,32)6)33(8)18-14-26(39-33)29(3,4)36/h20-26,36H,9-19H2,1-8H3/t21?,22-,23?,24?,25+,26-,30-,31+,32+,33+/m0/s1. The van der Waals surface area contributed by atoms with Gasteiger partial charge in [0.2, 0.25) is 0 Å². The molecule has 10 atom stereocenters. The van der Waals surface area contributed by atoms with Crippen LogP contribution in [0.15, 0.2) is 0 Å². The predicted octanol–water partition coefficient (Wildman–Crippen LogP) is 6.46. The number of rotatable bonds is 6. The van der Waals surface area contributed by atoms with Crippen molar-refractivity contribution < 1.29 is 28.9 Å². The Bertz CT molecular complexity index is 970. The highest BCUT2D eigenvalue weighted by molar-refractivity contribution is 5.72. The summed E-state index contributed by atoms with van der Waals surface area (Å²) in [5, 5.41) is 10.7. The number of aliphatic hydroxyl groups is 1. The quantitative estimate of drug-likeness (QED) is 0.304. The Hall–Kier alpha value is -1.14. The summed E-state index contributed by atoms with van der Waals surface area (Å²) in [6, 6.07) is 0. The number of fused-ring (bicyclic) bond motifs is 5. The molecule has 5 aliphatic rings. The molecule has 4 saturated carbocycles. The van der Waals surface area contributed by atoms with E-state index in [1.807, 2.05) is 13.8 Å². The lowest BCUT2D eigenvalue weighted by Crippen LogP contribution is -2.64. The smallest absolute Gasteiger partial charge is 0.344 e. The van der Waals surface area contributed by atoms with Crippen molar-refractivity contribution in [2.24, 2.45) is 45.3 Å². The van der Waals surface area contributed by atoms with Crippen molar-refractivity contribution >= 4 is 12.4 Å². The second-order valence-electron chi connectivity index (χ2n) is 16.2. The molecule has 0 aromatic rings. The lowest BCUT2D eigenvalue weighted by molar-refractivity contribution is -0.232. The SMILES string of the molecule is CC(C)(O)[C@@H]1CC[C@](C)([C@H]2CC[C@]3(C)C2CCC2[C@@]4(C)CC[C@@H](OC(=O)COC=O)C(C)(C)C4CC[C@]23C)O1. The zero-order valence-corrected chi connectivity index (χ0v) is 25.8. The summed E-state index contributed by atoms with van der Waals surface area (Å²) < 4.78 is 17.3. The summed E-state index contributed by atoms with van der Waals surface area (Å²) in [7, 11) is 0. The van der Waals surface area contributed by atoms with Crippen LogP contribution in [0.2, 0.25) is 0 Å². The number of hydrogen-bond donors (Lipinski definition) is 1. The van der Waals surface area contributed by atoms with Crippen LogP contribution in [0.4, 0.5) is 0 Å². The minimum atomic E-state index is -0.794. The first-order valence-electron chi connectivity index (χ1n) is 15.7. The van der Waals surface area contributed by atoms with E-state index >= 15 is 0 Å². The second-order valence-corrected chi connectivity index (χ2v) is 16.2. The highest BCUT2D eigenvalue weighted by atomic mass is 16.6. The van der Waals surface area contributed by atoms with Crippen molar-refractivity contribution in [2.45, 2.75) is 143 Å². The lowest BCUT2D eigenvalue weighted by atomic mass is 9.35. The molecule has 3 unspecified atom stereocenters. The molecule has 0 bridgehead atoms. The van der Waals surface area contributed by atoms with E-state index in [1.165, 1.54) is 32.1 Å². The number of carbonyl (C=O) groups excluding carboxylic acids is 2. The average Bonchev–Trinajstić information content (AvgIpc) is 3.42. The second kappa shape index (κ2) is 9.44. The van der Waals surface area contributed by atoms with E-state index in [0.717, 1.165) is 32.1 Å². The van der Waals surface area contributed by atoms with Crippen LogP contribution in [-0.2, 0) is 23.8 Å². The van der Waals surface area contributed by atoms with E-state index < -0.39 is 11.6 Å². The molecule has 0 radical (unpaired) electrons. The Morgan fingerprint density at radius 3 is 2.21 bits per heavy atom. The lowest BCUT2D eigenvalue weighted by Gasteiger charge is -2.70. The fourth-order valence-corrected chi connectivity index (χ4v) is 11.6. The minimum absolute atomic E-state index is 0.0767. The molecular weight excluding hydrogens is 492 g/mol. The monoisotopic (exact) mass is 546 g/mol. The molecule has 0 spiro atoms. The van der Waals surface area contributed by atoms with Gasteiger partial charge in [0.15, 0.2) is 6.61 Å². The fraction of sp³-hybridized carbons (Fsp3) is 0.939. The molecule has 6 nitrogen and oxygen atoms in total. The first-order chi connectivity index (χ1) is 18.0. The predicted molar refractivity (Wildman–Crippen MR) is 150 cm³/mol. The van der Waals surface area contributed by atoms with Gasteiger partial charge in [-0.3, -0.25) is 4.79 Å². The van der Waals surface area contributed by atoms with Gasteiger partial charge in [0, 0.05) is 5.41 Å². The molecule has 5 rings (SSSR count). The summed E-state index contributed by atoms with van der Waals surface area (Å²) in [6.07, 6.45) is 11.1. The zero-order chi connectivity index (χ0) is 28.6. The van der Waals surface area contributed by atoms with E-state index in [0.29, 0.717) is 30.1 Å². The molecule has 1 saturated heterocycles.